The first-order valence-electron chi connectivity index (χ1n) is 6.28. The highest BCUT2D eigenvalue weighted by Crippen LogP contribution is 2.28. The number of hydrogen-bond donors (Lipinski definition) is 3. The summed E-state index contributed by atoms with van der Waals surface area (Å²) in [6.07, 6.45) is 5.61. The molecular formula is C12H22N2O3. The van der Waals surface area contributed by atoms with Crippen LogP contribution in [0.3, 0.4) is 0 Å². The lowest BCUT2D eigenvalue weighted by molar-refractivity contribution is -0.142. The summed E-state index contributed by atoms with van der Waals surface area (Å²) in [5.41, 5.74) is 5.71. The smallest absolute Gasteiger partial charge is 0.326 e. The van der Waals surface area contributed by atoms with E-state index >= 15 is 0 Å². The third-order valence-electron chi connectivity index (χ3n) is 3.40. The minimum absolute atomic E-state index is 0.233. The van der Waals surface area contributed by atoms with Crippen molar-refractivity contribution in [1.29, 1.82) is 0 Å². The van der Waals surface area contributed by atoms with Gasteiger partial charge in [0.25, 0.3) is 0 Å². The molecule has 1 fully saturated rings. The van der Waals surface area contributed by atoms with E-state index in [-0.39, 0.29) is 12.3 Å². The van der Waals surface area contributed by atoms with Gasteiger partial charge in [-0.3, -0.25) is 4.79 Å². The number of rotatable bonds is 5. The van der Waals surface area contributed by atoms with E-state index in [1.165, 1.54) is 6.42 Å². The maximum Gasteiger partial charge on any atom is 0.326 e. The summed E-state index contributed by atoms with van der Waals surface area (Å²) in [5, 5.41) is 11.4. The molecule has 0 unspecified atom stereocenters. The molecule has 1 aliphatic rings. The van der Waals surface area contributed by atoms with E-state index in [0.717, 1.165) is 25.7 Å². The highest BCUT2D eigenvalue weighted by atomic mass is 16.4. The van der Waals surface area contributed by atoms with Gasteiger partial charge in [-0.15, -0.1) is 0 Å². The average molecular weight is 242 g/mol. The molecule has 5 heteroatoms. The fourth-order valence-electron chi connectivity index (χ4n) is 2.34. The van der Waals surface area contributed by atoms with Crippen molar-refractivity contribution in [2.24, 2.45) is 5.73 Å². The number of carboxylic acid groups (broad SMARTS) is 1. The molecule has 0 saturated heterocycles. The average Bonchev–Trinajstić information content (AvgIpc) is 2.25. The van der Waals surface area contributed by atoms with Crippen LogP contribution in [0.15, 0.2) is 0 Å². The van der Waals surface area contributed by atoms with Crippen LogP contribution in [-0.4, -0.2) is 28.6 Å². The van der Waals surface area contributed by atoms with Gasteiger partial charge in [0.15, 0.2) is 0 Å². The molecule has 0 radical (unpaired) electrons. The molecule has 0 aliphatic heterocycles. The minimum Gasteiger partial charge on any atom is -0.480 e. The monoisotopic (exact) mass is 242 g/mol. The van der Waals surface area contributed by atoms with E-state index < -0.39 is 17.6 Å². The van der Waals surface area contributed by atoms with Crippen molar-refractivity contribution in [3.63, 3.8) is 0 Å². The normalized spacial score (nSPS) is 20.6. The third-order valence-corrected chi connectivity index (χ3v) is 3.40. The topological polar surface area (TPSA) is 92.4 Å². The lowest BCUT2D eigenvalue weighted by Gasteiger charge is -2.33. The molecular weight excluding hydrogens is 220 g/mol. The molecule has 0 aromatic heterocycles. The first-order chi connectivity index (χ1) is 7.97. The molecule has 1 saturated carbocycles. The highest BCUT2D eigenvalue weighted by molar-refractivity contribution is 5.84. The van der Waals surface area contributed by atoms with Crippen molar-refractivity contribution in [3.05, 3.63) is 0 Å². The Kier molecular flexibility index (Phi) is 4.93. The molecule has 17 heavy (non-hydrogen) atoms. The molecule has 98 valence electrons. The second-order valence-electron chi connectivity index (χ2n) is 4.97. The Labute approximate surface area is 102 Å². The fourth-order valence-corrected chi connectivity index (χ4v) is 2.34. The molecule has 4 N–H and O–H groups in total. The van der Waals surface area contributed by atoms with Crippen LogP contribution < -0.4 is 11.1 Å². The van der Waals surface area contributed by atoms with E-state index in [4.69, 9.17) is 10.8 Å². The van der Waals surface area contributed by atoms with Crippen LogP contribution in [0.5, 0.6) is 0 Å². The number of amides is 1. The second-order valence-corrected chi connectivity index (χ2v) is 4.97. The van der Waals surface area contributed by atoms with Gasteiger partial charge in [-0.05, 0) is 19.3 Å². The number of nitrogens with one attached hydrogen (secondary N) is 1. The van der Waals surface area contributed by atoms with Gasteiger partial charge < -0.3 is 16.2 Å². The van der Waals surface area contributed by atoms with Crippen molar-refractivity contribution < 1.29 is 14.7 Å². The van der Waals surface area contributed by atoms with Crippen LogP contribution in [0, 0.1) is 0 Å². The SMILES string of the molecule is CC[C@H](NC(=O)CC1(N)CCCCC1)C(=O)O. The maximum absolute atomic E-state index is 11.7. The summed E-state index contributed by atoms with van der Waals surface area (Å²) in [6.45, 7) is 1.73. The van der Waals surface area contributed by atoms with Crippen molar-refractivity contribution >= 4 is 11.9 Å². The molecule has 1 aliphatic carbocycles. The fraction of sp³-hybridized carbons (Fsp3) is 0.833. The van der Waals surface area contributed by atoms with Crippen molar-refractivity contribution in [3.8, 4) is 0 Å². The Hall–Kier alpha value is -1.10. The number of carboxylic acids is 1. The quantitative estimate of drug-likeness (QED) is 0.671. The number of carbonyl (C=O) groups excluding carboxylic acids is 1. The first-order valence-corrected chi connectivity index (χ1v) is 6.28. The van der Waals surface area contributed by atoms with Crippen molar-refractivity contribution in [1.82, 2.24) is 5.32 Å². The van der Waals surface area contributed by atoms with Gasteiger partial charge in [-0.25, -0.2) is 4.79 Å². The number of carbonyl (C=O) groups is 2. The van der Waals surface area contributed by atoms with E-state index in [0.29, 0.717) is 6.42 Å². The number of aliphatic carboxylic acids is 1. The highest BCUT2D eigenvalue weighted by Gasteiger charge is 2.31. The van der Waals surface area contributed by atoms with Crippen LogP contribution in [0.4, 0.5) is 0 Å². The van der Waals surface area contributed by atoms with Crippen LogP contribution in [0.2, 0.25) is 0 Å². The molecule has 0 heterocycles. The van der Waals surface area contributed by atoms with Crippen LogP contribution >= 0.6 is 0 Å². The van der Waals surface area contributed by atoms with Crippen LogP contribution in [0.1, 0.15) is 51.9 Å². The summed E-state index contributed by atoms with van der Waals surface area (Å²) >= 11 is 0. The van der Waals surface area contributed by atoms with E-state index in [9.17, 15) is 9.59 Å². The summed E-state index contributed by atoms with van der Waals surface area (Å²) in [5.74, 6) is -1.24. The molecule has 1 amide bonds. The number of nitrogens with two attached hydrogens (primary N) is 1. The Morgan fingerprint density at radius 1 is 1.35 bits per heavy atom. The molecule has 5 nitrogen and oxygen atoms in total. The first kappa shape index (κ1) is 14.0. The van der Waals surface area contributed by atoms with Crippen molar-refractivity contribution in [2.45, 2.75) is 63.5 Å². The number of hydrogen-bond acceptors (Lipinski definition) is 3. The predicted molar refractivity (Wildman–Crippen MR) is 64.5 cm³/mol. The third kappa shape index (κ3) is 4.34. The van der Waals surface area contributed by atoms with E-state index in [1.807, 2.05) is 0 Å². The molecule has 1 atom stereocenters. The predicted octanol–water partition coefficient (Wildman–Crippen LogP) is 1.02. The molecule has 1 rings (SSSR count). The van der Waals surface area contributed by atoms with Crippen LogP contribution in [-0.2, 0) is 9.59 Å². The van der Waals surface area contributed by atoms with Crippen molar-refractivity contribution in [2.75, 3.05) is 0 Å². The van der Waals surface area contributed by atoms with Gasteiger partial charge in [0.2, 0.25) is 5.91 Å². The van der Waals surface area contributed by atoms with E-state index in [2.05, 4.69) is 5.32 Å². The summed E-state index contributed by atoms with van der Waals surface area (Å²) in [6, 6.07) is -0.797. The summed E-state index contributed by atoms with van der Waals surface area (Å²) in [7, 11) is 0. The summed E-state index contributed by atoms with van der Waals surface area (Å²) in [4.78, 5) is 22.5. The molecule has 0 aromatic carbocycles. The zero-order valence-electron chi connectivity index (χ0n) is 10.4. The van der Waals surface area contributed by atoms with Crippen LogP contribution in [0.25, 0.3) is 0 Å². The van der Waals surface area contributed by atoms with Gasteiger partial charge in [0.05, 0.1) is 0 Å². The zero-order chi connectivity index (χ0) is 12.9. The largest absolute Gasteiger partial charge is 0.480 e. The van der Waals surface area contributed by atoms with Gasteiger partial charge in [0, 0.05) is 12.0 Å². The minimum atomic E-state index is -0.990. The Morgan fingerprint density at radius 3 is 2.41 bits per heavy atom. The van der Waals surface area contributed by atoms with Gasteiger partial charge in [-0.2, -0.15) is 0 Å². The molecule has 0 bridgehead atoms. The summed E-state index contributed by atoms with van der Waals surface area (Å²) < 4.78 is 0. The van der Waals surface area contributed by atoms with Gasteiger partial charge in [-0.1, -0.05) is 26.2 Å². The standard InChI is InChI=1S/C12H22N2O3/c1-2-9(11(16)17)14-10(15)8-12(13)6-4-3-5-7-12/h9H,2-8,13H2,1H3,(H,14,15)(H,16,17)/t9-/m0/s1. The van der Waals surface area contributed by atoms with E-state index in [1.54, 1.807) is 6.92 Å². The Bertz CT molecular complexity index is 285. The van der Waals surface area contributed by atoms with Gasteiger partial charge >= 0.3 is 5.97 Å². The lowest BCUT2D eigenvalue weighted by atomic mass is 9.80. The maximum atomic E-state index is 11.7. The lowest BCUT2D eigenvalue weighted by Crippen LogP contribution is -2.49. The molecule has 0 spiro atoms. The van der Waals surface area contributed by atoms with Gasteiger partial charge in [0.1, 0.15) is 6.04 Å². The zero-order valence-corrected chi connectivity index (χ0v) is 10.4. The second kappa shape index (κ2) is 6.00. The molecule has 0 aromatic rings. The Balaban J connectivity index is 2.45. The Morgan fingerprint density at radius 2 is 1.94 bits per heavy atom.